The second-order valence-corrected chi connectivity index (χ2v) is 10.1. The Hall–Kier alpha value is -2.59. The number of oxazole rings is 1. The van der Waals surface area contributed by atoms with Crippen LogP contribution < -0.4 is 14.7 Å². The second kappa shape index (κ2) is 8.40. The highest BCUT2D eigenvalue weighted by atomic mass is 32.2. The number of benzene rings is 1. The third-order valence-corrected chi connectivity index (χ3v) is 7.82. The molecule has 2 aliphatic carbocycles. The highest BCUT2D eigenvalue weighted by Crippen LogP contribution is 2.38. The van der Waals surface area contributed by atoms with E-state index in [1.807, 2.05) is 0 Å². The van der Waals surface area contributed by atoms with E-state index in [1.165, 1.54) is 17.4 Å². The Bertz CT molecular complexity index is 1120. The Balaban J connectivity index is 1.48. The first-order chi connectivity index (χ1) is 15.4. The minimum absolute atomic E-state index is 0.0764. The van der Waals surface area contributed by atoms with Crippen LogP contribution in [0.4, 0.5) is 11.7 Å². The number of fused-ring (bicyclic) bond motifs is 2. The molecule has 2 heterocycles. The van der Waals surface area contributed by atoms with E-state index < -0.39 is 22.3 Å². The fourth-order valence-electron chi connectivity index (χ4n) is 5.05. The molecule has 2 aromatic rings. The summed E-state index contributed by atoms with van der Waals surface area (Å²) in [6, 6.07) is 0.854. The maximum atomic E-state index is 13.3. The molecule has 1 aromatic carbocycles. The van der Waals surface area contributed by atoms with Crippen LogP contribution in [-0.4, -0.2) is 38.7 Å². The van der Waals surface area contributed by atoms with E-state index in [0.717, 1.165) is 59.6 Å². The topological polar surface area (TPSA) is 120 Å². The molecule has 1 fully saturated rings. The Kier molecular flexibility index (Phi) is 5.58. The Morgan fingerprint density at radius 3 is 2.41 bits per heavy atom. The van der Waals surface area contributed by atoms with E-state index in [1.54, 1.807) is 6.92 Å². The van der Waals surface area contributed by atoms with Crippen molar-refractivity contribution in [1.29, 1.82) is 0 Å². The number of amidine groups is 1. The van der Waals surface area contributed by atoms with Crippen LogP contribution >= 0.6 is 0 Å². The van der Waals surface area contributed by atoms with Crippen molar-refractivity contribution in [2.75, 3.05) is 22.8 Å². The van der Waals surface area contributed by atoms with Gasteiger partial charge in [-0.1, -0.05) is 6.07 Å². The number of rotatable bonds is 5. The second-order valence-electron chi connectivity index (χ2n) is 8.64. The van der Waals surface area contributed by atoms with Crippen LogP contribution in [0.25, 0.3) is 0 Å². The molecule has 1 saturated heterocycles. The Morgan fingerprint density at radius 1 is 1.16 bits per heavy atom. The van der Waals surface area contributed by atoms with Crippen molar-refractivity contribution >= 4 is 27.9 Å². The molecule has 10 heteroatoms. The van der Waals surface area contributed by atoms with E-state index in [-0.39, 0.29) is 6.01 Å². The van der Waals surface area contributed by atoms with Gasteiger partial charge in [-0.25, -0.2) is 4.31 Å². The van der Waals surface area contributed by atoms with Gasteiger partial charge in [-0.05, 0) is 80.5 Å². The number of nitrogens with one attached hydrogen (secondary N) is 1. The maximum absolute atomic E-state index is 13.3. The smallest absolute Gasteiger partial charge is 0.349 e. The van der Waals surface area contributed by atoms with Crippen LogP contribution in [0.5, 0.6) is 0 Å². The van der Waals surface area contributed by atoms with Crippen molar-refractivity contribution < 1.29 is 22.7 Å². The van der Waals surface area contributed by atoms with Gasteiger partial charge in [0.1, 0.15) is 6.26 Å². The third kappa shape index (κ3) is 3.97. The predicted octanol–water partition coefficient (Wildman–Crippen LogP) is 2.02. The van der Waals surface area contributed by atoms with E-state index in [0.29, 0.717) is 31.7 Å². The lowest BCUT2D eigenvalue weighted by molar-refractivity contribution is -0.213. The minimum atomic E-state index is -4.37. The SMILES string of the molecule is Cc1coc(N(C2CCOCC2)S(=O)(=O)/N=C(\[O-])Nc2c3c(cc4c2CCC4)CCC3)n1. The quantitative estimate of drug-likeness (QED) is 0.536. The number of aryl methyl sites for hydroxylation is 3. The lowest BCUT2D eigenvalue weighted by Crippen LogP contribution is -2.44. The molecule has 0 saturated carbocycles. The highest BCUT2D eigenvalue weighted by molar-refractivity contribution is 7.91. The summed E-state index contributed by atoms with van der Waals surface area (Å²) in [5.41, 5.74) is 6.06. The monoisotopic (exact) mass is 459 g/mol. The summed E-state index contributed by atoms with van der Waals surface area (Å²) in [6.45, 7) is 2.55. The summed E-state index contributed by atoms with van der Waals surface area (Å²) in [7, 11) is -4.37. The van der Waals surface area contributed by atoms with Gasteiger partial charge in [-0.3, -0.25) is 0 Å². The Labute approximate surface area is 187 Å². The zero-order valence-corrected chi connectivity index (χ0v) is 18.9. The summed E-state index contributed by atoms with van der Waals surface area (Å²) in [5, 5.41) is 15.7. The summed E-state index contributed by atoms with van der Waals surface area (Å²) in [4.78, 5) is 4.19. The average molecular weight is 460 g/mol. The van der Waals surface area contributed by atoms with E-state index in [2.05, 4.69) is 20.8 Å². The maximum Gasteiger partial charge on any atom is 0.349 e. The number of aromatic nitrogens is 1. The van der Waals surface area contributed by atoms with Gasteiger partial charge in [0.05, 0.1) is 17.8 Å². The van der Waals surface area contributed by atoms with Gasteiger partial charge in [-0.2, -0.15) is 13.4 Å². The first-order valence-corrected chi connectivity index (χ1v) is 12.6. The van der Waals surface area contributed by atoms with Crippen LogP contribution in [0.2, 0.25) is 0 Å². The van der Waals surface area contributed by atoms with Crippen molar-refractivity contribution in [3.05, 3.63) is 40.3 Å². The molecule has 32 heavy (non-hydrogen) atoms. The fourth-order valence-corrected chi connectivity index (χ4v) is 6.26. The average Bonchev–Trinajstić information content (AvgIpc) is 3.49. The van der Waals surface area contributed by atoms with Crippen molar-refractivity contribution in [3.63, 3.8) is 0 Å². The van der Waals surface area contributed by atoms with Crippen molar-refractivity contribution in [2.45, 2.75) is 64.3 Å². The van der Waals surface area contributed by atoms with Gasteiger partial charge in [-0.15, -0.1) is 4.40 Å². The van der Waals surface area contributed by atoms with E-state index in [4.69, 9.17) is 9.15 Å². The molecular formula is C22H27N4O5S-. The van der Waals surface area contributed by atoms with Crippen molar-refractivity contribution in [1.82, 2.24) is 4.98 Å². The number of ether oxygens (including phenoxy) is 1. The number of hydrogen-bond acceptors (Lipinski definition) is 6. The summed E-state index contributed by atoms with van der Waals surface area (Å²) in [5.74, 6) is 0. The number of hydrogen-bond donors (Lipinski definition) is 1. The molecule has 1 N–H and O–H groups in total. The Morgan fingerprint density at radius 2 is 1.81 bits per heavy atom. The molecule has 0 atom stereocenters. The zero-order chi connectivity index (χ0) is 22.3. The molecule has 172 valence electrons. The van der Waals surface area contributed by atoms with E-state index in [9.17, 15) is 13.5 Å². The summed E-state index contributed by atoms with van der Waals surface area (Å²) >= 11 is 0. The highest BCUT2D eigenvalue weighted by Gasteiger charge is 2.35. The molecule has 3 aliphatic rings. The van der Waals surface area contributed by atoms with Crippen LogP contribution in [0.15, 0.2) is 21.1 Å². The van der Waals surface area contributed by atoms with Crippen LogP contribution in [0.1, 0.15) is 53.6 Å². The molecule has 0 spiro atoms. The molecule has 5 rings (SSSR count). The number of nitrogens with zero attached hydrogens (tertiary/aromatic N) is 3. The molecule has 0 bridgehead atoms. The van der Waals surface area contributed by atoms with Gasteiger partial charge in [0.2, 0.25) is 0 Å². The van der Waals surface area contributed by atoms with E-state index >= 15 is 0 Å². The predicted molar refractivity (Wildman–Crippen MR) is 118 cm³/mol. The van der Waals surface area contributed by atoms with Gasteiger partial charge in [0.15, 0.2) is 0 Å². The van der Waals surface area contributed by atoms with Gasteiger partial charge < -0.3 is 19.6 Å². The first-order valence-electron chi connectivity index (χ1n) is 11.2. The van der Waals surface area contributed by atoms with Crippen molar-refractivity contribution in [3.8, 4) is 0 Å². The van der Waals surface area contributed by atoms with Gasteiger partial charge in [0.25, 0.3) is 0 Å². The molecule has 1 aromatic heterocycles. The van der Waals surface area contributed by atoms with Crippen LogP contribution in [-0.2, 0) is 40.6 Å². The molecular weight excluding hydrogens is 432 g/mol. The largest absolute Gasteiger partial charge is 0.845 e. The van der Waals surface area contributed by atoms with Crippen LogP contribution in [0, 0.1) is 6.92 Å². The molecule has 1 aliphatic heterocycles. The first kappa shape index (κ1) is 21.3. The third-order valence-electron chi connectivity index (χ3n) is 6.47. The molecule has 0 amide bonds. The zero-order valence-electron chi connectivity index (χ0n) is 18.1. The molecule has 0 radical (unpaired) electrons. The standard InChI is InChI=1S/C22H28N4O5S/c1-14-13-31-22(23-14)26(17-8-10-30-11-9-17)32(28,29)25-21(27)24-20-18-6-2-4-15(18)12-16-5-3-7-19(16)20/h12-13,17H,2-11H2,1H3,(H2,24,25,27)/p-1. The van der Waals surface area contributed by atoms with Gasteiger partial charge >= 0.3 is 16.2 Å². The van der Waals surface area contributed by atoms with Gasteiger partial charge in [0, 0.05) is 18.9 Å². The normalized spacial score (nSPS) is 19.1. The lowest BCUT2D eigenvalue weighted by atomic mass is 9.99. The van der Waals surface area contributed by atoms with Crippen molar-refractivity contribution in [2.24, 2.45) is 4.40 Å². The molecule has 9 nitrogen and oxygen atoms in total. The minimum Gasteiger partial charge on any atom is -0.845 e. The fraction of sp³-hybridized carbons (Fsp3) is 0.545. The molecule has 0 unspecified atom stereocenters. The number of anilines is 2. The summed E-state index contributed by atoms with van der Waals surface area (Å²) < 4.78 is 41.9. The lowest BCUT2D eigenvalue weighted by Gasteiger charge is -2.31. The van der Waals surface area contributed by atoms with Crippen LogP contribution in [0.3, 0.4) is 0 Å². The summed E-state index contributed by atoms with van der Waals surface area (Å²) in [6.07, 6.45) is 8.14.